The van der Waals surface area contributed by atoms with Crippen LogP contribution in [0.4, 0.5) is 5.00 Å². The fourth-order valence-corrected chi connectivity index (χ4v) is 4.12. The Hall–Kier alpha value is -2.92. The van der Waals surface area contributed by atoms with Gasteiger partial charge in [-0.1, -0.05) is 60.7 Å². The van der Waals surface area contributed by atoms with Gasteiger partial charge < -0.3 is 10.4 Å². The van der Waals surface area contributed by atoms with Gasteiger partial charge in [-0.3, -0.25) is 4.79 Å². The molecule has 1 saturated carbocycles. The minimum Gasteiger partial charge on any atom is -0.478 e. The summed E-state index contributed by atoms with van der Waals surface area (Å²) in [7, 11) is 0. The van der Waals surface area contributed by atoms with E-state index in [9.17, 15) is 14.7 Å². The maximum atomic E-state index is 12.7. The molecule has 144 valence electrons. The summed E-state index contributed by atoms with van der Waals surface area (Å²) in [5, 5.41) is 14.7. The molecule has 1 fully saturated rings. The average Bonchev–Trinajstić information content (AvgIpc) is 3.37. The van der Waals surface area contributed by atoms with Crippen LogP contribution >= 0.6 is 11.3 Å². The van der Waals surface area contributed by atoms with Crippen LogP contribution in [0.1, 0.15) is 47.7 Å². The first-order valence-corrected chi connectivity index (χ1v) is 9.99. The standard InChI is InChI=1S/C23H23NO3S/c1-4-15(11-10-14(2)3)19-13-28-22(20(19)23(26)27)24-21(25)18-12-17(18)16-8-6-5-7-9-16/h4-11,13,17-18H,1,12H2,2-3H3,(H,24,25)(H,26,27). The van der Waals surface area contributed by atoms with Gasteiger partial charge in [-0.2, -0.15) is 0 Å². The Morgan fingerprint density at radius 3 is 2.54 bits per heavy atom. The zero-order valence-electron chi connectivity index (χ0n) is 15.9. The second kappa shape index (κ2) is 8.40. The van der Waals surface area contributed by atoms with Crippen LogP contribution in [-0.4, -0.2) is 17.0 Å². The van der Waals surface area contributed by atoms with Gasteiger partial charge in [0.1, 0.15) is 10.6 Å². The number of amides is 1. The number of aromatic carboxylic acids is 1. The molecule has 3 rings (SSSR count). The van der Waals surface area contributed by atoms with Crippen molar-refractivity contribution in [1.29, 1.82) is 0 Å². The number of hydrogen-bond acceptors (Lipinski definition) is 3. The average molecular weight is 394 g/mol. The Kier molecular flexibility index (Phi) is 5.95. The van der Waals surface area contributed by atoms with E-state index in [-0.39, 0.29) is 23.3 Å². The van der Waals surface area contributed by atoms with Crippen LogP contribution in [0.5, 0.6) is 0 Å². The van der Waals surface area contributed by atoms with E-state index in [0.29, 0.717) is 16.1 Å². The summed E-state index contributed by atoms with van der Waals surface area (Å²) in [5.41, 5.74) is 3.63. The lowest BCUT2D eigenvalue weighted by Gasteiger charge is -2.06. The summed E-state index contributed by atoms with van der Waals surface area (Å²) in [6, 6.07) is 9.92. The molecular weight excluding hydrogens is 370 g/mol. The summed E-state index contributed by atoms with van der Waals surface area (Å²) in [6.07, 6.45) is 6.17. The fraction of sp³-hybridized carbons (Fsp3) is 0.217. The molecule has 2 unspecified atom stereocenters. The van der Waals surface area contributed by atoms with E-state index in [0.717, 1.165) is 17.6 Å². The van der Waals surface area contributed by atoms with Gasteiger partial charge in [-0.05, 0) is 37.3 Å². The van der Waals surface area contributed by atoms with Gasteiger partial charge in [0.15, 0.2) is 0 Å². The molecule has 2 atom stereocenters. The number of benzene rings is 1. The first kappa shape index (κ1) is 19.8. The van der Waals surface area contributed by atoms with Crippen LogP contribution in [-0.2, 0) is 4.79 Å². The second-order valence-electron chi connectivity index (χ2n) is 7.08. The third kappa shape index (κ3) is 4.31. The van der Waals surface area contributed by atoms with Crippen LogP contribution in [0, 0.1) is 5.92 Å². The third-order valence-electron chi connectivity index (χ3n) is 4.72. The highest BCUT2D eigenvalue weighted by Crippen LogP contribution is 2.48. The first-order chi connectivity index (χ1) is 13.4. The van der Waals surface area contributed by atoms with Crippen molar-refractivity contribution in [1.82, 2.24) is 0 Å². The molecule has 0 spiro atoms. The van der Waals surface area contributed by atoms with E-state index in [2.05, 4.69) is 11.9 Å². The molecule has 1 heterocycles. The molecule has 1 aromatic carbocycles. The van der Waals surface area contributed by atoms with E-state index < -0.39 is 5.97 Å². The monoisotopic (exact) mass is 393 g/mol. The van der Waals surface area contributed by atoms with Gasteiger partial charge >= 0.3 is 5.97 Å². The Morgan fingerprint density at radius 1 is 1.21 bits per heavy atom. The summed E-state index contributed by atoms with van der Waals surface area (Å²) in [6.45, 7) is 7.73. The zero-order chi connectivity index (χ0) is 20.3. The highest BCUT2D eigenvalue weighted by molar-refractivity contribution is 7.15. The highest BCUT2D eigenvalue weighted by atomic mass is 32.1. The predicted molar refractivity (Wildman–Crippen MR) is 115 cm³/mol. The maximum Gasteiger partial charge on any atom is 0.339 e. The van der Waals surface area contributed by atoms with Gasteiger partial charge in [0.05, 0.1) is 0 Å². The lowest BCUT2D eigenvalue weighted by Crippen LogP contribution is -2.16. The van der Waals surface area contributed by atoms with Crippen molar-refractivity contribution in [2.45, 2.75) is 26.2 Å². The van der Waals surface area contributed by atoms with Crippen LogP contribution in [0.2, 0.25) is 0 Å². The van der Waals surface area contributed by atoms with E-state index in [1.165, 1.54) is 11.3 Å². The predicted octanol–water partition coefficient (Wildman–Crippen LogP) is 5.72. The molecule has 2 N–H and O–H groups in total. The summed E-state index contributed by atoms with van der Waals surface area (Å²) in [4.78, 5) is 24.5. The Bertz CT molecular complexity index is 965. The van der Waals surface area contributed by atoms with Crippen molar-refractivity contribution in [3.63, 3.8) is 0 Å². The number of nitrogens with one attached hydrogen (secondary N) is 1. The maximum absolute atomic E-state index is 12.7. The van der Waals surface area contributed by atoms with Crippen molar-refractivity contribution in [2.75, 3.05) is 5.32 Å². The molecule has 0 saturated heterocycles. The van der Waals surface area contributed by atoms with Crippen molar-refractivity contribution < 1.29 is 14.7 Å². The number of carboxylic acid groups (broad SMARTS) is 1. The van der Waals surface area contributed by atoms with Gasteiger partial charge in [-0.15, -0.1) is 11.3 Å². The highest BCUT2D eigenvalue weighted by Gasteiger charge is 2.44. The molecule has 2 aromatic rings. The molecule has 1 aliphatic rings. The van der Waals surface area contributed by atoms with Crippen LogP contribution < -0.4 is 5.32 Å². The number of carboxylic acids is 1. The van der Waals surface area contributed by atoms with E-state index >= 15 is 0 Å². The summed E-state index contributed by atoms with van der Waals surface area (Å²) < 4.78 is 0. The molecule has 28 heavy (non-hydrogen) atoms. The smallest absolute Gasteiger partial charge is 0.339 e. The van der Waals surface area contributed by atoms with Crippen molar-refractivity contribution in [2.24, 2.45) is 5.92 Å². The minimum absolute atomic E-state index is 0.114. The summed E-state index contributed by atoms with van der Waals surface area (Å²) in [5.74, 6) is -1.10. The molecule has 5 heteroatoms. The molecule has 0 aliphatic heterocycles. The number of carbonyl (C=O) groups excluding carboxylic acids is 1. The molecule has 1 amide bonds. The molecule has 1 aliphatic carbocycles. The normalized spacial score (nSPS) is 18.3. The van der Waals surface area contributed by atoms with E-state index in [1.807, 2.05) is 56.3 Å². The SMILES string of the molecule is C=CC(=CC=C(C)C)c1csc(NC(=O)C2CC2c2ccccc2)c1C(=O)O. The van der Waals surface area contributed by atoms with E-state index in [1.54, 1.807) is 11.5 Å². The lowest BCUT2D eigenvalue weighted by atomic mass is 10.0. The number of carbonyl (C=O) groups is 2. The largest absolute Gasteiger partial charge is 0.478 e. The second-order valence-corrected chi connectivity index (χ2v) is 7.96. The van der Waals surface area contributed by atoms with Crippen LogP contribution in [0.15, 0.2) is 66.1 Å². The van der Waals surface area contributed by atoms with Crippen molar-refractivity contribution >= 4 is 33.8 Å². The molecule has 1 aromatic heterocycles. The molecule has 4 nitrogen and oxygen atoms in total. The topological polar surface area (TPSA) is 66.4 Å². The number of rotatable bonds is 7. The Morgan fingerprint density at radius 2 is 1.93 bits per heavy atom. The number of allylic oxidation sites excluding steroid dienone is 5. The zero-order valence-corrected chi connectivity index (χ0v) is 16.8. The Balaban J connectivity index is 1.82. The van der Waals surface area contributed by atoms with Crippen LogP contribution in [0.3, 0.4) is 0 Å². The van der Waals surface area contributed by atoms with Gasteiger partial charge in [0.25, 0.3) is 0 Å². The quantitative estimate of drug-likeness (QED) is 0.591. The fourth-order valence-electron chi connectivity index (χ4n) is 3.16. The van der Waals surface area contributed by atoms with E-state index in [4.69, 9.17) is 0 Å². The van der Waals surface area contributed by atoms with Gasteiger partial charge in [0.2, 0.25) is 5.91 Å². The number of hydrogen-bond donors (Lipinski definition) is 2. The molecular formula is C23H23NO3S. The Labute approximate surface area is 168 Å². The van der Waals surface area contributed by atoms with Crippen molar-refractivity contribution in [3.8, 4) is 0 Å². The number of thiophene rings is 1. The lowest BCUT2D eigenvalue weighted by molar-refractivity contribution is -0.117. The minimum atomic E-state index is -1.06. The van der Waals surface area contributed by atoms with Gasteiger partial charge in [0, 0.05) is 16.9 Å². The number of anilines is 1. The van der Waals surface area contributed by atoms with Crippen LogP contribution in [0.25, 0.3) is 5.57 Å². The summed E-state index contributed by atoms with van der Waals surface area (Å²) >= 11 is 1.23. The van der Waals surface area contributed by atoms with Crippen molar-refractivity contribution in [3.05, 3.63) is 82.8 Å². The molecule has 0 bridgehead atoms. The first-order valence-electron chi connectivity index (χ1n) is 9.11. The third-order valence-corrected chi connectivity index (χ3v) is 5.62. The molecule has 0 radical (unpaired) electrons. The van der Waals surface area contributed by atoms with Gasteiger partial charge in [-0.25, -0.2) is 4.79 Å².